The second-order valence-corrected chi connectivity index (χ2v) is 6.08. The van der Waals surface area contributed by atoms with Gasteiger partial charge in [0.05, 0.1) is 6.10 Å². The molecule has 0 spiro atoms. The predicted octanol–water partition coefficient (Wildman–Crippen LogP) is 3.76. The van der Waals surface area contributed by atoms with Gasteiger partial charge in [0.1, 0.15) is 0 Å². The third-order valence-corrected chi connectivity index (χ3v) is 4.67. The van der Waals surface area contributed by atoms with Gasteiger partial charge in [-0.15, -0.1) is 0 Å². The quantitative estimate of drug-likeness (QED) is 0.823. The maximum atomic E-state index is 10.5. The van der Waals surface area contributed by atoms with E-state index in [1.165, 1.54) is 12.0 Å². The van der Waals surface area contributed by atoms with Crippen molar-refractivity contribution in [2.24, 2.45) is 11.8 Å². The first-order chi connectivity index (χ1) is 8.04. The normalized spacial score (nSPS) is 33.9. The zero-order valence-electron chi connectivity index (χ0n) is 11.2. The van der Waals surface area contributed by atoms with Crippen molar-refractivity contribution in [3.63, 3.8) is 0 Å². The Balaban J connectivity index is 2.18. The van der Waals surface area contributed by atoms with Crippen LogP contribution in [0.2, 0.25) is 0 Å². The van der Waals surface area contributed by atoms with Crippen molar-refractivity contribution in [1.82, 2.24) is 0 Å². The van der Waals surface area contributed by atoms with Gasteiger partial charge in [0.15, 0.2) is 0 Å². The molecule has 1 heteroatoms. The molecule has 3 atom stereocenters. The molecule has 0 radical (unpaired) electrons. The van der Waals surface area contributed by atoms with E-state index in [-0.39, 0.29) is 11.5 Å². The molecule has 17 heavy (non-hydrogen) atoms. The molecule has 1 aromatic carbocycles. The third-order valence-electron chi connectivity index (χ3n) is 4.67. The minimum atomic E-state index is -0.203. The molecule has 0 aromatic heterocycles. The van der Waals surface area contributed by atoms with Crippen LogP contribution in [-0.4, -0.2) is 11.2 Å². The lowest BCUT2D eigenvalue weighted by Crippen LogP contribution is -2.43. The molecule has 0 bridgehead atoms. The van der Waals surface area contributed by atoms with Crippen molar-refractivity contribution in [2.45, 2.75) is 51.6 Å². The average Bonchev–Trinajstić information content (AvgIpc) is 2.33. The molecule has 1 aliphatic carbocycles. The molecule has 1 N–H and O–H groups in total. The number of rotatable bonds is 2. The fraction of sp³-hybridized carbons (Fsp3) is 0.625. The van der Waals surface area contributed by atoms with Crippen molar-refractivity contribution in [3.8, 4) is 0 Å². The van der Waals surface area contributed by atoms with Crippen LogP contribution in [0.15, 0.2) is 30.3 Å². The van der Waals surface area contributed by atoms with Crippen molar-refractivity contribution >= 4 is 0 Å². The minimum Gasteiger partial charge on any atom is -0.392 e. The molecule has 94 valence electrons. The van der Waals surface area contributed by atoms with E-state index in [1.807, 2.05) is 6.07 Å². The molecule has 0 heterocycles. The Hall–Kier alpha value is -0.820. The first kappa shape index (κ1) is 12.6. The summed E-state index contributed by atoms with van der Waals surface area (Å²) >= 11 is 0. The monoisotopic (exact) mass is 232 g/mol. The second kappa shape index (κ2) is 4.81. The summed E-state index contributed by atoms with van der Waals surface area (Å²) in [6, 6.07) is 10.5. The van der Waals surface area contributed by atoms with Crippen LogP contribution in [0.3, 0.4) is 0 Å². The lowest BCUT2D eigenvalue weighted by Gasteiger charge is -2.43. The van der Waals surface area contributed by atoms with Gasteiger partial charge in [-0.05, 0) is 36.7 Å². The highest BCUT2D eigenvalue weighted by Crippen LogP contribution is 2.43. The lowest BCUT2D eigenvalue weighted by molar-refractivity contribution is 0.0173. The highest BCUT2D eigenvalue weighted by molar-refractivity contribution is 5.27. The smallest absolute Gasteiger partial charge is 0.0636 e. The summed E-state index contributed by atoms with van der Waals surface area (Å²) in [5.41, 5.74) is 1.24. The van der Waals surface area contributed by atoms with Gasteiger partial charge in [0.25, 0.3) is 0 Å². The molecule has 1 saturated carbocycles. The van der Waals surface area contributed by atoms with E-state index in [1.54, 1.807) is 0 Å². The summed E-state index contributed by atoms with van der Waals surface area (Å²) in [6.07, 6.45) is 3.08. The zero-order chi connectivity index (χ0) is 12.5. The minimum absolute atomic E-state index is 0.0490. The van der Waals surface area contributed by atoms with Gasteiger partial charge >= 0.3 is 0 Å². The van der Waals surface area contributed by atoms with Crippen LogP contribution >= 0.6 is 0 Å². The summed E-state index contributed by atoms with van der Waals surface area (Å²) in [5, 5.41) is 10.5. The molecular formula is C16H24O. The van der Waals surface area contributed by atoms with Crippen LogP contribution in [0.1, 0.15) is 45.6 Å². The van der Waals surface area contributed by atoms with Crippen LogP contribution in [0.4, 0.5) is 0 Å². The summed E-state index contributed by atoms with van der Waals surface area (Å²) in [6.45, 7) is 6.74. The topological polar surface area (TPSA) is 20.2 Å². The van der Waals surface area contributed by atoms with Crippen LogP contribution in [0.25, 0.3) is 0 Å². The second-order valence-electron chi connectivity index (χ2n) is 6.08. The van der Waals surface area contributed by atoms with Gasteiger partial charge in [0, 0.05) is 5.41 Å². The Labute approximate surface area is 105 Å². The van der Waals surface area contributed by atoms with Crippen LogP contribution in [0, 0.1) is 11.8 Å². The van der Waals surface area contributed by atoms with Crippen molar-refractivity contribution in [1.29, 1.82) is 0 Å². The highest BCUT2D eigenvalue weighted by Gasteiger charge is 2.40. The van der Waals surface area contributed by atoms with Gasteiger partial charge in [-0.2, -0.15) is 0 Å². The van der Waals surface area contributed by atoms with Crippen LogP contribution < -0.4 is 0 Å². The number of aliphatic hydroxyl groups excluding tert-OH is 1. The van der Waals surface area contributed by atoms with E-state index < -0.39 is 0 Å². The number of aliphatic hydroxyl groups is 1. The Morgan fingerprint density at radius 3 is 2.41 bits per heavy atom. The van der Waals surface area contributed by atoms with Crippen molar-refractivity contribution in [2.75, 3.05) is 0 Å². The largest absolute Gasteiger partial charge is 0.392 e. The maximum absolute atomic E-state index is 10.5. The van der Waals surface area contributed by atoms with E-state index in [0.717, 1.165) is 12.8 Å². The van der Waals surface area contributed by atoms with Gasteiger partial charge in [-0.1, -0.05) is 51.1 Å². The maximum Gasteiger partial charge on any atom is 0.0636 e. The van der Waals surface area contributed by atoms with Crippen LogP contribution in [-0.2, 0) is 5.41 Å². The van der Waals surface area contributed by atoms with E-state index in [2.05, 4.69) is 45.0 Å². The Morgan fingerprint density at radius 2 is 1.88 bits per heavy atom. The van der Waals surface area contributed by atoms with E-state index >= 15 is 0 Å². The molecule has 0 amide bonds. The summed E-state index contributed by atoms with van der Waals surface area (Å²) < 4.78 is 0. The lowest BCUT2D eigenvalue weighted by atomic mass is 9.64. The molecule has 1 aliphatic rings. The molecule has 2 rings (SSSR count). The zero-order valence-corrected chi connectivity index (χ0v) is 11.2. The fourth-order valence-electron chi connectivity index (χ4n) is 3.08. The first-order valence-corrected chi connectivity index (χ1v) is 6.77. The van der Waals surface area contributed by atoms with Gasteiger partial charge in [-0.3, -0.25) is 0 Å². The van der Waals surface area contributed by atoms with Gasteiger partial charge < -0.3 is 5.11 Å². The van der Waals surface area contributed by atoms with Gasteiger partial charge in [-0.25, -0.2) is 0 Å². The number of hydrogen-bond acceptors (Lipinski definition) is 1. The third kappa shape index (κ3) is 2.40. The SMILES string of the molecule is CC(C)C1CCC(C)(c2ccccc2)C(O)C1. The van der Waals surface area contributed by atoms with Crippen LogP contribution in [0.5, 0.6) is 0 Å². The molecule has 1 fully saturated rings. The summed E-state index contributed by atoms with van der Waals surface area (Å²) in [5.74, 6) is 1.37. The molecule has 1 aromatic rings. The summed E-state index contributed by atoms with van der Waals surface area (Å²) in [4.78, 5) is 0. The average molecular weight is 232 g/mol. The standard InChI is InChI=1S/C16H24O/c1-12(2)13-9-10-16(3,15(17)11-13)14-7-5-4-6-8-14/h4-8,12-13,15,17H,9-11H2,1-3H3. The molecule has 0 saturated heterocycles. The molecule has 1 nitrogen and oxygen atoms in total. The Kier molecular flexibility index (Phi) is 3.58. The summed E-state index contributed by atoms with van der Waals surface area (Å²) in [7, 11) is 0. The van der Waals surface area contributed by atoms with Crippen molar-refractivity contribution in [3.05, 3.63) is 35.9 Å². The fourth-order valence-corrected chi connectivity index (χ4v) is 3.08. The van der Waals surface area contributed by atoms with Crippen molar-refractivity contribution < 1.29 is 5.11 Å². The van der Waals surface area contributed by atoms with Gasteiger partial charge in [0.2, 0.25) is 0 Å². The Bertz CT molecular complexity index is 357. The predicted molar refractivity (Wildman–Crippen MR) is 72.0 cm³/mol. The first-order valence-electron chi connectivity index (χ1n) is 6.77. The Morgan fingerprint density at radius 1 is 1.24 bits per heavy atom. The number of hydrogen-bond donors (Lipinski definition) is 1. The van der Waals surface area contributed by atoms with E-state index in [9.17, 15) is 5.11 Å². The van der Waals surface area contributed by atoms with E-state index in [4.69, 9.17) is 0 Å². The number of benzene rings is 1. The molecule has 0 aliphatic heterocycles. The highest BCUT2D eigenvalue weighted by atomic mass is 16.3. The molecular weight excluding hydrogens is 208 g/mol. The molecule has 3 unspecified atom stereocenters. The van der Waals surface area contributed by atoms with E-state index in [0.29, 0.717) is 11.8 Å².